The summed E-state index contributed by atoms with van der Waals surface area (Å²) in [6.07, 6.45) is 4.64. The number of H-pyrrole nitrogens is 1. The molecular weight excluding hydrogens is 348 g/mol. The Balaban J connectivity index is 1.89. The van der Waals surface area contributed by atoms with Crippen LogP contribution in [0.5, 0.6) is 0 Å². The molecule has 0 spiro atoms. The number of aryl methyl sites for hydroxylation is 1. The fourth-order valence-corrected chi connectivity index (χ4v) is 3.05. The van der Waals surface area contributed by atoms with Crippen molar-refractivity contribution in [3.8, 4) is 6.07 Å². The smallest absolute Gasteiger partial charge is 0.338 e. The molecule has 1 atom stereocenters. The van der Waals surface area contributed by atoms with Gasteiger partial charge in [0.15, 0.2) is 22.9 Å². The number of esters is 1. The van der Waals surface area contributed by atoms with E-state index in [2.05, 4.69) is 31.6 Å². The van der Waals surface area contributed by atoms with Crippen molar-refractivity contribution in [1.82, 2.24) is 20.2 Å². The molecule has 1 unspecified atom stereocenters. The molecule has 0 saturated carbocycles. The molecule has 0 fully saturated rings. The zero-order chi connectivity index (χ0) is 19.4. The number of allylic oxidation sites excluding steroid dienone is 1. The van der Waals surface area contributed by atoms with Crippen LogP contribution >= 0.6 is 0 Å². The summed E-state index contributed by atoms with van der Waals surface area (Å²) in [5.41, 5.74) is 1.48. The highest BCUT2D eigenvalue weighted by Crippen LogP contribution is 2.36. The lowest BCUT2D eigenvalue weighted by Gasteiger charge is -2.32. The van der Waals surface area contributed by atoms with E-state index in [0.29, 0.717) is 36.6 Å². The number of methoxy groups -OCH3 is 2. The van der Waals surface area contributed by atoms with Crippen LogP contribution in [0.25, 0.3) is 5.57 Å². The second-order valence-electron chi connectivity index (χ2n) is 6.25. The molecular formula is C18H20N6O3. The number of hydrogen-bond acceptors (Lipinski definition) is 8. The molecule has 9 nitrogen and oxygen atoms in total. The molecule has 0 aliphatic heterocycles. The Morgan fingerprint density at radius 2 is 2.22 bits per heavy atom. The van der Waals surface area contributed by atoms with Gasteiger partial charge in [-0.1, -0.05) is 6.08 Å². The summed E-state index contributed by atoms with van der Waals surface area (Å²) >= 11 is 0. The van der Waals surface area contributed by atoms with E-state index in [9.17, 15) is 10.1 Å². The number of carbonyl (C=O) groups is 1. The Morgan fingerprint density at radius 1 is 1.41 bits per heavy atom. The highest BCUT2D eigenvalue weighted by Gasteiger charge is 2.41. The summed E-state index contributed by atoms with van der Waals surface area (Å²) in [7, 11) is 2.83. The Hall–Kier alpha value is -3.25. The molecule has 2 aromatic heterocycles. The predicted molar refractivity (Wildman–Crippen MR) is 96.9 cm³/mol. The van der Waals surface area contributed by atoms with Crippen molar-refractivity contribution >= 4 is 23.2 Å². The lowest BCUT2D eigenvalue weighted by Crippen LogP contribution is -2.42. The van der Waals surface area contributed by atoms with Crippen LogP contribution in [0.2, 0.25) is 0 Å². The van der Waals surface area contributed by atoms with Crippen molar-refractivity contribution in [2.24, 2.45) is 0 Å². The molecule has 1 aliphatic carbocycles. The van der Waals surface area contributed by atoms with Crippen LogP contribution in [-0.4, -0.2) is 46.0 Å². The molecule has 140 valence electrons. The largest absolute Gasteiger partial charge is 0.467 e. The highest BCUT2D eigenvalue weighted by molar-refractivity contribution is 5.82. The van der Waals surface area contributed by atoms with Crippen molar-refractivity contribution in [2.45, 2.75) is 31.8 Å². The number of anilines is 2. The van der Waals surface area contributed by atoms with E-state index in [4.69, 9.17) is 9.47 Å². The standard InChI is InChI=1S/C18H20N6O3/c1-11-8-14(24-23-11)21-15-10-20-13(9-19)16(22-15)12-4-6-18(27-3,7-5-12)17(25)26-2/h4,8,10H,5-7H2,1-3H3,(H2,21,22,23,24). The van der Waals surface area contributed by atoms with E-state index < -0.39 is 11.6 Å². The number of nitrogens with zero attached hydrogens (tertiary/aromatic N) is 4. The average Bonchev–Trinajstić information content (AvgIpc) is 3.12. The SMILES string of the molecule is COC(=O)C1(OC)CC=C(c2nc(Nc3cc(C)[nH]n3)cnc2C#N)CC1. The number of nitriles is 1. The highest BCUT2D eigenvalue weighted by atomic mass is 16.6. The minimum absolute atomic E-state index is 0.230. The minimum atomic E-state index is -0.999. The number of carbonyl (C=O) groups excluding carboxylic acids is 1. The molecule has 0 bridgehead atoms. The summed E-state index contributed by atoms with van der Waals surface area (Å²) < 4.78 is 10.3. The van der Waals surface area contributed by atoms with Gasteiger partial charge in [0, 0.05) is 25.3 Å². The van der Waals surface area contributed by atoms with Crippen LogP contribution in [0.1, 0.15) is 36.3 Å². The van der Waals surface area contributed by atoms with Crippen molar-refractivity contribution in [1.29, 1.82) is 5.26 Å². The molecule has 27 heavy (non-hydrogen) atoms. The summed E-state index contributed by atoms with van der Waals surface area (Å²) in [5.74, 6) is 0.684. The van der Waals surface area contributed by atoms with Gasteiger partial charge in [-0.3, -0.25) is 5.10 Å². The second-order valence-corrected chi connectivity index (χ2v) is 6.25. The van der Waals surface area contributed by atoms with Gasteiger partial charge in [-0.05, 0) is 25.3 Å². The normalized spacial score (nSPS) is 19.1. The minimum Gasteiger partial charge on any atom is -0.467 e. The first kappa shape index (κ1) is 18.5. The average molecular weight is 368 g/mol. The Morgan fingerprint density at radius 3 is 2.78 bits per heavy atom. The van der Waals surface area contributed by atoms with Crippen molar-refractivity contribution in [3.63, 3.8) is 0 Å². The van der Waals surface area contributed by atoms with Crippen LogP contribution in [-0.2, 0) is 14.3 Å². The van der Waals surface area contributed by atoms with Gasteiger partial charge >= 0.3 is 5.97 Å². The predicted octanol–water partition coefficient (Wildman–Crippen LogP) is 2.25. The van der Waals surface area contributed by atoms with Crippen molar-refractivity contribution in [3.05, 3.63) is 35.4 Å². The van der Waals surface area contributed by atoms with Gasteiger partial charge in [-0.2, -0.15) is 10.4 Å². The van der Waals surface area contributed by atoms with E-state index in [1.54, 1.807) is 0 Å². The molecule has 2 heterocycles. The van der Waals surface area contributed by atoms with Crippen molar-refractivity contribution < 1.29 is 14.3 Å². The van der Waals surface area contributed by atoms with Crippen molar-refractivity contribution in [2.75, 3.05) is 19.5 Å². The summed E-state index contributed by atoms with van der Waals surface area (Å²) in [6.45, 7) is 1.89. The maximum absolute atomic E-state index is 12.1. The fraction of sp³-hybridized carbons (Fsp3) is 0.389. The van der Waals surface area contributed by atoms with Gasteiger partial charge in [0.2, 0.25) is 0 Å². The third-order valence-corrected chi connectivity index (χ3v) is 4.57. The van der Waals surface area contributed by atoms with Gasteiger partial charge in [0.25, 0.3) is 0 Å². The lowest BCUT2D eigenvalue weighted by atomic mass is 9.84. The maximum Gasteiger partial charge on any atom is 0.338 e. The molecule has 2 N–H and O–H groups in total. The fourth-order valence-electron chi connectivity index (χ4n) is 3.05. The van der Waals surface area contributed by atoms with Crippen LogP contribution < -0.4 is 5.32 Å². The first-order chi connectivity index (χ1) is 13.0. The Bertz CT molecular complexity index is 929. The number of aromatic amines is 1. The number of ether oxygens (including phenoxy) is 2. The van der Waals surface area contributed by atoms with E-state index >= 15 is 0 Å². The third kappa shape index (κ3) is 3.66. The topological polar surface area (TPSA) is 126 Å². The number of nitrogens with one attached hydrogen (secondary N) is 2. The molecule has 3 rings (SSSR count). The summed E-state index contributed by atoms with van der Waals surface area (Å²) in [6, 6.07) is 3.91. The monoisotopic (exact) mass is 368 g/mol. The molecule has 0 aromatic carbocycles. The number of rotatable bonds is 5. The van der Waals surface area contributed by atoms with E-state index in [0.717, 1.165) is 11.3 Å². The zero-order valence-corrected chi connectivity index (χ0v) is 15.4. The Kier molecular flexibility index (Phi) is 5.19. The van der Waals surface area contributed by atoms with Gasteiger partial charge in [-0.15, -0.1) is 0 Å². The van der Waals surface area contributed by atoms with E-state index in [1.807, 2.05) is 19.1 Å². The second kappa shape index (κ2) is 7.55. The maximum atomic E-state index is 12.1. The molecule has 2 aromatic rings. The number of aromatic nitrogens is 4. The van der Waals surface area contributed by atoms with Crippen LogP contribution in [0.4, 0.5) is 11.6 Å². The lowest BCUT2D eigenvalue weighted by molar-refractivity contribution is -0.166. The molecule has 0 amide bonds. The first-order valence-corrected chi connectivity index (χ1v) is 8.40. The van der Waals surface area contributed by atoms with Crippen LogP contribution in [0, 0.1) is 18.3 Å². The molecule has 1 aliphatic rings. The van der Waals surface area contributed by atoms with Gasteiger partial charge in [-0.25, -0.2) is 14.8 Å². The zero-order valence-electron chi connectivity index (χ0n) is 15.4. The molecule has 0 saturated heterocycles. The van der Waals surface area contributed by atoms with Gasteiger partial charge < -0.3 is 14.8 Å². The summed E-state index contributed by atoms with van der Waals surface area (Å²) in [4.78, 5) is 20.8. The van der Waals surface area contributed by atoms with E-state index in [-0.39, 0.29) is 5.69 Å². The quantitative estimate of drug-likeness (QED) is 0.770. The Labute approximate surface area is 156 Å². The summed E-state index contributed by atoms with van der Waals surface area (Å²) in [5, 5.41) is 19.4. The first-order valence-electron chi connectivity index (χ1n) is 8.40. The van der Waals surface area contributed by atoms with Gasteiger partial charge in [0.05, 0.1) is 13.3 Å². The van der Waals surface area contributed by atoms with Gasteiger partial charge in [0.1, 0.15) is 11.8 Å². The van der Waals surface area contributed by atoms with Crippen LogP contribution in [0.3, 0.4) is 0 Å². The van der Waals surface area contributed by atoms with Crippen LogP contribution in [0.15, 0.2) is 18.3 Å². The molecule has 9 heteroatoms. The third-order valence-electron chi connectivity index (χ3n) is 4.57. The number of hydrogen-bond donors (Lipinski definition) is 2. The molecule has 0 radical (unpaired) electrons. The van der Waals surface area contributed by atoms with E-state index in [1.165, 1.54) is 20.4 Å².